The van der Waals surface area contributed by atoms with E-state index in [4.69, 9.17) is 0 Å². The molecule has 1 aromatic heterocycles. The molecule has 1 N–H and O–H groups in total. The van der Waals surface area contributed by atoms with Gasteiger partial charge in [0.25, 0.3) is 0 Å². The van der Waals surface area contributed by atoms with Crippen LogP contribution in [0.4, 0.5) is 4.39 Å². The second kappa shape index (κ2) is 7.50. The van der Waals surface area contributed by atoms with Crippen LogP contribution in [0.1, 0.15) is 30.5 Å². The van der Waals surface area contributed by atoms with E-state index in [9.17, 15) is 4.39 Å². The van der Waals surface area contributed by atoms with Crippen LogP contribution in [0.3, 0.4) is 0 Å². The number of aromatic nitrogens is 1. The van der Waals surface area contributed by atoms with E-state index in [0.29, 0.717) is 5.56 Å². The zero-order valence-electron chi connectivity index (χ0n) is 11.4. The Morgan fingerprint density at radius 1 is 1.35 bits per heavy atom. The van der Waals surface area contributed by atoms with E-state index in [1.165, 1.54) is 11.8 Å². The summed E-state index contributed by atoms with van der Waals surface area (Å²) in [7, 11) is 0. The fourth-order valence-electron chi connectivity index (χ4n) is 2.18. The number of hydrogen-bond acceptors (Lipinski definition) is 2. The van der Waals surface area contributed by atoms with Crippen molar-refractivity contribution in [2.75, 3.05) is 6.54 Å². The molecular weight excluding hydrogens is 319 g/mol. The third-order valence-corrected chi connectivity index (χ3v) is 3.64. The van der Waals surface area contributed by atoms with Crippen molar-refractivity contribution in [1.82, 2.24) is 10.3 Å². The molecule has 0 saturated heterocycles. The molecule has 0 aliphatic heterocycles. The molecule has 1 aromatic carbocycles. The molecule has 0 aliphatic carbocycles. The maximum Gasteiger partial charge on any atom is 0.146 e. The van der Waals surface area contributed by atoms with Crippen LogP contribution in [0.5, 0.6) is 0 Å². The summed E-state index contributed by atoms with van der Waals surface area (Å²) in [4.78, 5) is 3.82. The van der Waals surface area contributed by atoms with Crippen molar-refractivity contribution in [3.8, 4) is 0 Å². The van der Waals surface area contributed by atoms with Crippen LogP contribution in [-0.2, 0) is 6.42 Å². The number of nitrogens with zero attached hydrogens (tertiary/aromatic N) is 1. The van der Waals surface area contributed by atoms with Gasteiger partial charge in [0.1, 0.15) is 5.82 Å². The largest absolute Gasteiger partial charge is 0.310 e. The fourth-order valence-corrected chi connectivity index (χ4v) is 2.63. The summed E-state index contributed by atoms with van der Waals surface area (Å²) in [5.41, 5.74) is 1.85. The first-order chi connectivity index (χ1) is 9.70. The van der Waals surface area contributed by atoms with Gasteiger partial charge in [0.05, 0.1) is 6.20 Å². The first-order valence-corrected chi connectivity index (χ1v) is 7.57. The molecule has 1 heterocycles. The monoisotopic (exact) mass is 336 g/mol. The van der Waals surface area contributed by atoms with E-state index < -0.39 is 0 Å². The summed E-state index contributed by atoms with van der Waals surface area (Å²) in [5.74, 6) is -0.254. The number of rotatable bonds is 6. The van der Waals surface area contributed by atoms with Crippen molar-refractivity contribution < 1.29 is 4.39 Å². The van der Waals surface area contributed by atoms with Crippen molar-refractivity contribution in [2.24, 2.45) is 0 Å². The van der Waals surface area contributed by atoms with Gasteiger partial charge in [-0.1, -0.05) is 35.0 Å². The highest BCUT2D eigenvalue weighted by Gasteiger charge is 2.15. The van der Waals surface area contributed by atoms with Crippen LogP contribution >= 0.6 is 15.9 Å². The number of nitrogens with one attached hydrogen (secondary N) is 1. The lowest BCUT2D eigenvalue weighted by Crippen LogP contribution is -2.25. The van der Waals surface area contributed by atoms with Gasteiger partial charge in [-0.25, -0.2) is 4.39 Å². The minimum Gasteiger partial charge on any atom is -0.310 e. The lowest BCUT2D eigenvalue weighted by molar-refractivity contribution is 0.495. The molecule has 106 valence electrons. The highest BCUT2D eigenvalue weighted by Crippen LogP contribution is 2.22. The van der Waals surface area contributed by atoms with Crippen LogP contribution in [0, 0.1) is 5.82 Å². The van der Waals surface area contributed by atoms with Gasteiger partial charge in [0, 0.05) is 22.3 Å². The summed E-state index contributed by atoms with van der Waals surface area (Å²) in [5, 5.41) is 3.41. The van der Waals surface area contributed by atoms with Crippen molar-refractivity contribution in [1.29, 1.82) is 0 Å². The molecular formula is C16H18BrFN2. The van der Waals surface area contributed by atoms with Crippen LogP contribution < -0.4 is 5.32 Å². The number of pyridine rings is 1. The summed E-state index contributed by atoms with van der Waals surface area (Å²) in [6.45, 7) is 2.96. The zero-order chi connectivity index (χ0) is 14.4. The predicted octanol–water partition coefficient (Wildman–Crippen LogP) is 4.27. The second-order valence-electron chi connectivity index (χ2n) is 4.74. The lowest BCUT2D eigenvalue weighted by Gasteiger charge is -2.19. The number of hydrogen-bond donors (Lipinski definition) is 1. The summed E-state index contributed by atoms with van der Waals surface area (Å²) in [6.07, 6.45) is 4.68. The van der Waals surface area contributed by atoms with Crippen LogP contribution in [0.25, 0.3) is 0 Å². The molecule has 0 spiro atoms. The van der Waals surface area contributed by atoms with Crippen molar-refractivity contribution >= 4 is 15.9 Å². The van der Waals surface area contributed by atoms with Crippen LogP contribution in [-0.4, -0.2) is 11.5 Å². The lowest BCUT2D eigenvalue weighted by atomic mass is 9.99. The topological polar surface area (TPSA) is 24.9 Å². The molecule has 2 nitrogen and oxygen atoms in total. The molecule has 0 amide bonds. The van der Waals surface area contributed by atoms with E-state index in [0.717, 1.165) is 23.9 Å². The Balaban J connectivity index is 2.22. The molecule has 4 heteroatoms. The Morgan fingerprint density at radius 2 is 2.20 bits per heavy atom. The van der Waals surface area contributed by atoms with Crippen molar-refractivity contribution in [2.45, 2.75) is 25.8 Å². The minimum absolute atomic E-state index is 0.0350. The molecule has 0 radical (unpaired) electrons. The van der Waals surface area contributed by atoms with Gasteiger partial charge in [0.2, 0.25) is 0 Å². The molecule has 1 unspecified atom stereocenters. The molecule has 2 aromatic rings. The molecule has 1 atom stereocenters. The molecule has 0 saturated carbocycles. The molecule has 20 heavy (non-hydrogen) atoms. The van der Waals surface area contributed by atoms with Gasteiger partial charge < -0.3 is 5.32 Å². The Bertz CT molecular complexity index is 560. The van der Waals surface area contributed by atoms with Crippen molar-refractivity contribution in [3.05, 3.63) is 64.1 Å². The third kappa shape index (κ3) is 4.12. The third-order valence-electron chi connectivity index (χ3n) is 3.15. The summed E-state index contributed by atoms with van der Waals surface area (Å²) in [6, 6.07) is 9.84. The molecule has 2 rings (SSSR count). The Morgan fingerprint density at radius 3 is 2.90 bits per heavy atom. The maximum absolute atomic E-state index is 13.9. The number of benzene rings is 1. The normalized spacial score (nSPS) is 12.3. The first kappa shape index (κ1) is 15.1. The van der Waals surface area contributed by atoms with Crippen LogP contribution in [0.2, 0.25) is 0 Å². The standard InChI is InChI=1S/C16H18BrFN2/c1-2-7-20-16(14-6-8-19-11-15(14)18)10-12-4-3-5-13(17)9-12/h3-6,8-9,11,16,20H,2,7,10H2,1H3. The molecule has 0 aliphatic rings. The maximum atomic E-state index is 13.9. The van der Waals surface area contributed by atoms with Gasteiger partial charge in [-0.15, -0.1) is 0 Å². The summed E-state index contributed by atoms with van der Waals surface area (Å²) >= 11 is 3.47. The Hall–Kier alpha value is -1.26. The molecule has 0 fully saturated rings. The van der Waals surface area contributed by atoms with E-state index in [1.54, 1.807) is 12.3 Å². The summed E-state index contributed by atoms with van der Waals surface area (Å²) < 4.78 is 15.0. The van der Waals surface area contributed by atoms with Gasteiger partial charge >= 0.3 is 0 Å². The van der Waals surface area contributed by atoms with Crippen molar-refractivity contribution in [3.63, 3.8) is 0 Å². The van der Waals surface area contributed by atoms with Crippen LogP contribution in [0.15, 0.2) is 47.2 Å². The quantitative estimate of drug-likeness (QED) is 0.852. The predicted molar refractivity (Wildman–Crippen MR) is 83.1 cm³/mol. The van der Waals surface area contributed by atoms with E-state index in [2.05, 4.69) is 45.3 Å². The number of halogens is 2. The highest BCUT2D eigenvalue weighted by atomic mass is 79.9. The average molecular weight is 337 g/mol. The van der Waals surface area contributed by atoms with E-state index in [1.807, 2.05) is 12.1 Å². The van der Waals surface area contributed by atoms with Gasteiger partial charge in [-0.3, -0.25) is 4.98 Å². The van der Waals surface area contributed by atoms with E-state index in [-0.39, 0.29) is 11.9 Å². The SMILES string of the molecule is CCCNC(Cc1cccc(Br)c1)c1ccncc1F. The Kier molecular flexibility index (Phi) is 5.68. The van der Waals surface area contributed by atoms with Gasteiger partial charge in [-0.2, -0.15) is 0 Å². The van der Waals surface area contributed by atoms with E-state index >= 15 is 0 Å². The van der Waals surface area contributed by atoms with Gasteiger partial charge in [-0.05, 0) is 43.1 Å². The second-order valence-corrected chi connectivity index (χ2v) is 5.65. The molecule has 0 bridgehead atoms. The smallest absolute Gasteiger partial charge is 0.146 e. The highest BCUT2D eigenvalue weighted by molar-refractivity contribution is 9.10. The first-order valence-electron chi connectivity index (χ1n) is 6.78. The minimum atomic E-state index is -0.254. The van der Waals surface area contributed by atoms with Gasteiger partial charge in [0.15, 0.2) is 0 Å². The Labute approximate surface area is 127 Å². The zero-order valence-corrected chi connectivity index (χ0v) is 13.0. The fraction of sp³-hybridized carbons (Fsp3) is 0.312. The average Bonchev–Trinajstić information content (AvgIpc) is 2.44.